The zero-order valence-corrected chi connectivity index (χ0v) is 18.8. The van der Waals surface area contributed by atoms with E-state index < -0.39 is 33.0 Å². The van der Waals surface area contributed by atoms with Crippen LogP contribution in [0.15, 0.2) is 60.0 Å². The van der Waals surface area contributed by atoms with E-state index in [0.717, 1.165) is 0 Å². The van der Waals surface area contributed by atoms with Crippen LogP contribution in [0.25, 0.3) is 10.2 Å². The first kappa shape index (κ1) is 23.0. The molecule has 7 nitrogen and oxygen atoms in total. The smallest absolute Gasteiger partial charge is 0.447 e. The Kier molecular flexibility index (Phi) is 6.28. The highest BCUT2D eigenvalue weighted by Crippen LogP contribution is 2.32. The predicted molar refractivity (Wildman–Crippen MR) is 117 cm³/mol. The van der Waals surface area contributed by atoms with Gasteiger partial charge >= 0.3 is 15.6 Å². The van der Waals surface area contributed by atoms with Crippen molar-refractivity contribution in [3.63, 3.8) is 0 Å². The van der Waals surface area contributed by atoms with Gasteiger partial charge in [-0.05, 0) is 41.8 Å². The Morgan fingerprint density at radius 2 is 1.85 bits per heavy atom. The number of aromatic nitrogens is 1. The minimum atomic E-state index is -6.01. The number of nitrogens with zero attached hydrogens (tertiary/aromatic N) is 1. The number of alkyl halides is 3. The third-order valence-electron chi connectivity index (χ3n) is 4.14. The largest absolute Gasteiger partial charge is 0.534 e. The number of fused-ring (bicyclic) bond motifs is 1. The molecule has 172 valence electrons. The van der Waals surface area contributed by atoms with Crippen molar-refractivity contribution in [3.8, 4) is 16.7 Å². The minimum absolute atomic E-state index is 0.0234. The molecule has 4 rings (SSSR count). The van der Waals surface area contributed by atoms with Gasteiger partial charge in [-0.25, -0.2) is 4.98 Å². The van der Waals surface area contributed by atoms with Crippen molar-refractivity contribution in [2.24, 2.45) is 0 Å². The monoisotopic (exact) mass is 514 g/mol. The fraction of sp³-hybridized carbons (Fsp3) is 0.100. The highest BCUT2D eigenvalue weighted by atomic mass is 32.2. The molecular weight excluding hydrogens is 501 g/mol. The molecule has 4 aromatic rings. The number of amides is 1. The zero-order chi connectivity index (χ0) is 23.6. The van der Waals surface area contributed by atoms with Gasteiger partial charge in [-0.15, -0.1) is 22.7 Å². The van der Waals surface area contributed by atoms with Crippen molar-refractivity contribution in [2.75, 3.05) is 0 Å². The van der Waals surface area contributed by atoms with Crippen molar-refractivity contribution >= 4 is 48.9 Å². The summed E-state index contributed by atoms with van der Waals surface area (Å²) in [6.45, 7) is 0.0234. The van der Waals surface area contributed by atoms with Crippen LogP contribution in [0.3, 0.4) is 0 Å². The molecule has 1 aromatic carbocycles. The number of pyridine rings is 1. The summed E-state index contributed by atoms with van der Waals surface area (Å²) >= 11 is 2.45. The fourth-order valence-electron chi connectivity index (χ4n) is 2.63. The van der Waals surface area contributed by atoms with Crippen LogP contribution in [0.4, 0.5) is 13.2 Å². The van der Waals surface area contributed by atoms with Crippen molar-refractivity contribution in [1.82, 2.24) is 10.3 Å². The molecule has 0 spiro atoms. The molecule has 3 heterocycles. The van der Waals surface area contributed by atoms with Crippen molar-refractivity contribution in [1.29, 1.82) is 0 Å². The summed E-state index contributed by atoms with van der Waals surface area (Å²) in [4.78, 5) is 17.2. The summed E-state index contributed by atoms with van der Waals surface area (Å²) in [5.41, 5.74) is -5.90. The lowest BCUT2D eigenvalue weighted by Crippen LogP contribution is -2.30. The first-order chi connectivity index (χ1) is 15.6. The molecule has 0 atom stereocenters. The molecule has 0 bridgehead atoms. The van der Waals surface area contributed by atoms with E-state index in [1.807, 2.05) is 18.2 Å². The van der Waals surface area contributed by atoms with Gasteiger partial charge in [0.1, 0.15) is 11.3 Å². The Morgan fingerprint density at radius 1 is 1.09 bits per heavy atom. The molecule has 1 N–H and O–H groups in total. The van der Waals surface area contributed by atoms with E-state index in [1.165, 1.54) is 34.8 Å². The summed E-state index contributed by atoms with van der Waals surface area (Å²) < 4.78 is 71.7. The molecule has 0 aliphatic carbocycles. The molecule has 0 fully saturated rings. The summed E-state index contributed by atoms with van der Waals surface area (Å²) in [5, 5.41) is 4.71. The van der Waals surface area contributed by atoms with Gasteiger partial charge in [-0.3, -0.25) is 4.79 Å². The van der Waals surface area contributed by atoms with Gasteiger partial charge in [-0.1, -0.05) is 18.2 Å². The number of hydrogen-bond donors (Lipinski definition) is 1. The molecule has 0 saturated carbocycles. The minimum Gasteiger partial charge on any atom is -0.447 e. The lowest BCUT2D eigenvalue weighted by atomic mass is 10.2. The number of thiophene rings is 2. The van der Waals surface area contributed by atoms with Gasteiger partial charge in [-0.2, -0.15) is 21.6 Å². The normalized spacial score (nSPS) is 12.0. The summed E-state index contributed by atoms with van der Waals surface area (Å²) in [5.74, 6) is -1.16. The molecule has 0 unspecified atom stereocenters. The summed E-state index contributed by atoms with van der Waals surface area (Å²) in [6.07, 6.45) is 0. The van der Waals surface area contributed by atoms with Crippen molar-refractivity contribution < 1.29 is 35.3 Å². The van der Waals surface area contributed by atoms with E-state index >= 15 is 0 Å². The van der Waals surface area contributed by atoms with Gasteiger partial charge in [0, 0.05) is 4.88 Å². The van der Waals surface area contributed by atoms with E-state index in [9.17, 15) is 26.4 Å². The molecule has 0 saturated heterocycles. The number of benzene rings is 1. The molecule has 1 amide bonds. The zero-order valence-electron chi connectivity index (χ0n) is 16.3. The average molecular weight is 515 g/mol. The number of rotatable bonds is 7. The number of hydrogen-bond acceptors (Lipinski definition) is 8. The van der Waals surface area contributed by atoms with Crippen LogP contribution in [0.1, 0.15) is 15.2 Å². The van der Waals surface area contributed by atoms with Gasteiger partial charge in [0.05, 0.1) is 16.8 Å². The van der Waals surface area contributed by atoms with Crippen LogP contribution in [0.5, 0.6) is 16.7 Å². The summed E-state index contributed by atoms with van der Waals surface area (Å²) in [7, 11) is -6.01. The second-order valence-corrected chi connectivity index (χ2v) is 10.1. The lowest BCUT2D eigenvalue weighted by molar-refractivity contribution is -0.0501. The van der Waals surface area contributed by atoms with Gasteiger partial charge in [0.15, 0.2) is 5.06 Å². The van der Waals surface area contributed by atoms with E-state index in [0.29, 0.717) is 20.4 Å². The second kappa shape index (κ2) is 9.00. The maximum absolute atomic E-state index is 12.8. The SMILES string of the molecule is O=C(NCc1ccc(Oc2ccccc2)s1)c1cc2sccc2nc1OS(=O)(=O)C(F)(F)F. The van der Waals surface area contributed by atoms with E-state index in [4.69, 9.17) is 4.74 Å². The third-order valence-corrected chi connectivity index (χ3v) is 6.90. The van der Waals surface area contributed by atoms with Crippen LogP contribution in [0.2, 0.25) is 0 Å². The molecule has 3 aromatic heterocycles. The van der Waals surface area contributed by atoms with Crippen LogP contribution in [-0.2, 0) is 16.7 Å². The molecule has 0 aliphatic heterocycles. The molecule has 0 radical (unpaired) electrons. The highest BCUT2D eigenvalue weighted by Gasteiger charge is 2.49. The van der Waals surface area contributed by atoms with Crippen LogP contribution in [-0.4, -0.2) is 24.8 Å². The van der Waals surface area contributed by atoms with Gasteiger partial charge in [0.2, 0.25) is 5.88 Å². The van der Waals surface area contributed by atoms with Gasteiger partial charge in [0.25, 0.3) is 5.91 Å². The Balaban J connectivity index is 1.52. The highest BCUT2D eigenvalue weighted by molar-refractivity contribution is 7.88. The number of halogens is 3. The Morgan fingerprint density at radius 3 is 2.58 bits per heavy atom. The second-order valence-electron chi connectivity index (χ2n) is 6.45. The number of carbonyl (C=O) groups is 1. The molecule has 13 heteroatoms. The topological polar surface area (TPSA) is 94.6 Å². The van der Waals surface area contributed by atoms with Crippen molar-refractivity contribution in [3.05, 3.63) is 70.4 Å². The molecule has 0 aliphatic rings. The molecule has 33 heavy (non-hydrogen) atoms. The number of nitrogens with one attached hydrogen (secondary N) is 1. The maximum atomic E-state index is 12.8. The summed E-state index contributed by atoms with van der Waals surface area (Å²) in [6, 6.07) is 15.2. The number of para-hydroxylation sites is 1. The third kappa shape index (κ3) is 5.26. The lowest BCUT2D eigenvalue weighted by Gasteiger charge is -2.12. The fourth-order valence-corrected chi connectivity index (χ4v) is 4.64. The van der Waals surface area contributed by atoms with Crippen LogP contribution in [0, 0.1) is 0 Å². The average Bonchev–Trinajstić information content (AvgIpc) is 3.40. The standard InChI is InChI=1S/C20H13F3N2O5S3/c21-20(22,23)33(27,28)30-19-14(10-16-15(25-19)8-9-31-16)18(26)24-11-13-6-7-17(32-13)29-12-4-2-1-3-5-12/h1-10H,11H2,(H,24,26). The number of ether oxygens (including phenoxy) is 1. The van der Waals surface area contributed by atoms with E-state index in [2.05, 4.69) is 14.5 Å². The quantitative estimate of drug-likeness (QED) is 0.265. The van der Waals surface area contributed by atoms with Crippen LogP contribution >= 0.6 is 22.7 Å². The van der Waals surface area contributed by atoms with E-state index in [-0.39, 0.29) is 12.1 Å². The Bertz CT molecular complexity index is 1400. The maximum Gasteiger partial charge on any atom is 0.534 e. The Hall–Kier alpha value is -3.16. The predicted octanol–water partition coefficient (Wildman–Crippen LogP) is 5.31. The van der Waals surface area contributed by atoms with E-state index in [1.54, 1.807) is 29.6 Å². The van der Waals surface area contributed by atoms with Crippen LogP contribution < -0.4 is 14.2 Å². The molecular formula is C20H13F3N2O5S3. The first-order valence-electron chi connectivity index (χ1n) is 9.11. The Labute approximate surface area is 193 Å². The van der Waals surface area contributed by atoms with Crippen molar-refractivity contribution in [2.45, 2.75) is 12.1 Å². The first-order valence-corrected chi connectivity index (χ1v) is 12.2. The number of carbonyl (C=O) groups excluding carboxylic acids is 1. The van der Waals surface area contributed by atoms with Gasteiger partial charge < -0.3 is 14.2 Å².